The van der Waals surface area contributed by atoms with Gasteiger partial charge in [-0.1, -0.05) is 24.8 Å². The molecule has 0 aromatic heterocycles. The molecule has 129 valence electrons. The number of carbonyl (C=O) groups is 1. The first-order valence-electron chi connectivity index (χ1n) is 7.89. The van der Waals surface area contributed by atoms with E-state index in [0.29, 0.717) is 0 Å². The number of carboxylic acid groups (broad SMARTS) is 1. The van der Waals surface area contributed by atoms with Gasteiger partial charge in [0.15, 0.2) is 0 Å². The molecule has 0 bridgehead atoms. The second kappa shape index (κ2) is 10.4. The summed E-state index contributed by atoms with van der Waals surface area (Å²) in [6, 6.07) is 0. The van der Waals surface area contributed by atoms with Crippen molar-refractivity contribution in [3.05, 3.63) is 43.6 Å². The van der Waals surface area contributed by atoms with Crippen LogP contribution in [-0.4, -0.2) is 11.1 Å². The maximum atomic E-state index is 10.0. The van der Waals surface area contributed by atoms with Crippen molar-refractivity contribution in [2.24, 2.45) is 5.41 Å². The minimum absolute atomic E-state index is 0. The molecule has 0 aromatic rings. The molecule has 1 radical (unpaired) electrons. The Labute approximate surface area is 158 Å². The summed E-state index contributed by atoms with van der Waals surface area (Å²) in [4.78, 5) is 10.0. The van der Waals surface area contributed by atoms with E-state index in [-0.39, 0.29) is 36.6 Å². The van der Waals surface area contributed by atoms with Crippen LogP contribution >= 0.6 is 0 Å². The standard InChI is InChI=1S/C13H17.C5H10O2.2CH3.Ti/c1-3-7-12-10(5-1)9-11-6-2-4-8-13(11)12;1-5(2,3)4(6)7;;;/h5H,1-4,6-9H2;1-3H3,(H,6,7);2*1H3;/q-1;;2*-1;+3. The molecule has 0 spiro atoms. The SMILES string of the molecule is CC(C)(C)C(=O)O.[CH-]1CCCC2=C1CC1=C2CCCC1.[CH3-].[CH3-].[Ti+3]. The van der Waals surface area contributed by atoms with E-state index in [2.05, 4.69) is 6.42 Å². The molecule has 0 atom stereocenters. The Hall–Kier alpha value is -0.466. The molecule has 0 heterocycles. The van der Waals surface area contributed by atoms with E-state index in [1.54, 1.807) is 43.1 Å². The number of hydrogen-bond acceptors (Lipinski definition) is 1. The van der Waals surface area contributed by atoms with E-state index >= 15 is 0 Å². The van der Waals surface area contributed by atoms with Crippen molar-refractivity contribution in [1.82, 2.24) is 0 Å². The molecule has 0 fully saturated rings. The third-order valence-corrected chi connectivity index (χ3v) is 4.40. The molecule has 3 rings (SSSR count). The van der Waals surface area contributed by atoms with Crippen molar-refractivity contribution in [1.29, 1.82) is 0 Å². The largest absolute Gasteiger partial charge is 3.00 e. The molecule has 3 heteroatoms. The summed E-state index contributed by atoms with van der Waals surface area (Å²) >= 11 is 0. The second-order valence-corrected chi connectivity index (χ2v) is 7.12. The molecule has 23 heavy (non-hydrogen) atoms. The molecule has 0 saturated heterocycles. The summed E-state index contributed by atoms with van der Waals surface area (Å²) in [7, 11) is 0. The van der Waals surface area contributed by atoms with Gasteiger partial charge in [-0.25, -0.2) is 12.0 Å². The normalized spacial score (nSPS) is 18.7. The van der Waals surface area contributed by atoms with Gasteiger partial charge in [-0.05, 0) is 46.5 Å². The van der Waals surface area contributed by atoms with Crippen LogP contribution in [0.1, 0.15) is 72.1 Å². The molecule has 0 amide bonds. The summed E-state index contributed by atoms with van der Waals surface area (Å²) < 4.78 is 0. The van der Waals surface area contributed by atoms with Crippen molar-refractivity contribution in [3.8, 4) is 0 Å². The van der Waals surface area contributed by atoms with Crippen LogP contribution in [0.25, 0.3) is 0 Å². The van der Waals surface area contributed by atoms with Gasteiger partial charge < -0.3 is 20.0 Å². The molecule has 0 unspecified atom stereocenters. The smallest absolute Gasteiger partial charge is 0.481 e. The van der Waals surface area contributed by atoms with Gasteiger partial charge in [0.05, 0.1) is 5.41 Å². The maximum Gasteiger partial charge on any atom is 3.00 e. The Morgan fingerprint density at radius 1 is 1.00 bits per heavy atom. The van der Waals surface area contributed by atoms with Crippen molar-refractivity contribution < 1.29 is 31.6 Å². The summed E-state index contributed by atoms with van der Waals surface area (Å²) in [5.41, 5.74) is 6.48. The topological polar surface area (TPSA) is 37.3 Å². The van der Waals surface area contributed by atoms with Gasteiger partial charge >= 0.3 is 27.7 Å². The van der Waals surface area contributed by atoms with E-state index in [0.717, 1.165) is 0 Å². The van der Waals surface area contributed by atoms with Crippen LogP contribution in [0.15, 0.2) is 22.3 Å². The van der Waals surface area contributed by atoms with Crippen LogP contribution in [0.4, 0.5) is 0 Å². The predicted octanol–water partition coefficient (Wildman–Crippen LogP) is 5.96. The zero-order valence-corrected chi connectivity index (χ0v) is 17.2. The van der Waals surface area contributed by atoms with Gasteiger partial charge in [0, 0.05) is 0 Å². The summed E-state index contributed by atoms with van der Waals surface area (Å²) in [5.74, 6) is -0.757. The van der Waals surface area contributed by atoms with Crippen LogP contribution in [0.5, 0.6) is 0 Å². The molecule has 0 aromatic carbocycles. The van der Waals surface area contributed by atoms with Crippen molar-refractivity contribution >= 4 is 5.97 Å². The zero-order chi connectivity index (χ0) is 14.8. The molecule has 2 nitrogen and oxygen atoms in total. The fourth-order valence-electron chi connectivity index (χ4n) is 3.12. The first-order chi connectivity index (χ1) is 9.39. The second-order valence-electron chi connectivity index (χ2n) is 7.12. The van der Waals surface area contributed by atoms with Crippen LogP contribution in [0.3, 0.4) is 0 Å². The third kappa shape index (κ3) is 6.51. The van der Waals surface area contributed by atoms with Gasteiger partial charge in [0.2, 0.25) is 0 Å². The number of carboxylic acids is 1. The van der Waals surface area contributed by atoms with Gasteiger partial charge in [0.1, 0.15) is 0 Å². The van der Waals surface area contributed by atoms with E-state index in [9.17, 15) is 4.79 Å². The predicted molar refractivity (Wildman–Crippen MR) is 95.2 cm³/mol. The Morgan fingerprint density at radius 2 is 1.52 bits per heavy atom. The number of fused-ring (bicyclic) bond motifs is 1. The third-order valence-electron chi connectivity index (χ3n) is 4.40. The fraction of sp³-hybridized carbons (Fsp3) is 0.600. The average molecular weight is 353 g/mol. The van der Waals surface area contributed by atoms with Gasteiger partial charge in [-0.2, -0.15) is 5.57 Å². The Balaban J connectivity index is 0. The molecular formula is C20H33O2Ti. The number of aliphatic carboxylic acids is 1. The number of rotatable bonds is 0. The Kier molecular flexibility index (Phi) is 11.2. The molecule has 3 aliphatic rings. The fourth-order valence-corrected chi connectivity index (χ4v) is 3.12. The quantitative estimate of drug-likeness (QED) is 0.431. The maximum absolute atomic E-state index is 10.0. The minimum Gasteiger partial charge on any atom is -0.481 e. The summed E-state index contributed by atoms with van der Waals surface area (Å²) in [6.07, 6.45) is 13.6. The van der Waals surface area contributed by atoms with Gasteiger partial charge in [-0.15, -0.1) is 12.0 Å². The Morgan fingerprint density at radius 3 is 2.09 bits per heavy atom. The molecule has 0 aliphatic heterocycles. The van der Waals surface area contributed by atoms with E-state index in [1.807, 2.05) is 0 Å². The monoisotopic (exact) mass is 353 g/mol. The zero-order valence-electron chi connectivity index (χ0n) is 15.6. The molecule has 0 saturated carbocycles. The minimum atomic E-state index is -0.757. The molecular weight excluding hydrogens is 320 g/mol. The number of allylic oxidation sites excluding steroid dienone is 4. The van der Waals surface area contributed by atoms with Gasteiger partial charge in [0.25, 0.3) is 0 Å². The van der Waals surface area contributed by atoms with Crippen LogP contribution in [0, 0.1) is 26.7 Å². The van der Waals surface area contributed by atoms with Crippen LogP contribution in [-0.2, 0) is 26.5 Å². The average Bonchev–Trinajstić information content (AvgIpc) is 2.77. The first-order valence-corrected chi connectivity index (χ1v) is 7.89. The number of hydrogen-bond donors (Lipinski definition) is 1. The van der Waals surface area contributed by atoms with E-state index in [1.165, 1.54) is 51.4 Å². The van der Waals surface area contributed by atoms with Crippen molar-refractivity contribution in [3.63, 3.8) is 0 Å². The first kappa shape index (κ1) is 24.8. The van der Waals surface area contributed by atoms with E-state index in [4.69, 9.17) is 5.11 Å². The van der Waals surface area contributed by atoms with Crippen LogP contribution in [0.2, 0.25) is 0 Å². The summed E-state index contributed by atoms with van der Waals surface area (Å²) in [5, 5.41) is 8.25. The molecule has 1 N–H and O–H groups in total. The van der Waals surface area contributed by atoms with Crippen LogP contribution < -0.4 is 0 Å². The van der Waals surface area contributed by atoms with Gasteiger partial charge in [-0.3, -0.25) is 4.79 Å². The van der Waals surface area contributed by atoms with Crippen molar-refractivity contribution in [2.45, 2.75) is 72.1 Å². The van der Waals surface area contributed by atoms with E-state index < -0.39 is 11.4 Å². The van der Waals surface area contributed by atoms with Crippen molar-refractivity contribution in [2.75, 3.05) is 0 Å². The summed E-state index contributed by atoms with van der Waals surface area (Å²) in [6.45, 7) is 4.99. The molecule has 3 aliphatic carbocycles. The Bertz CT molecular complexity index is 423.